The largest absolute Gasteiger partial charge is 0.290 e. The maximum atomic E-state index is 2.65. The molecule has 1 nitrogen and oxygen atoms in total. The fraction of sp³-hybridized carbons (Fsp3) is 0.520. The zero-order chi connectivity index (χ0) is 19.7. The number of benzene rings is 2. The van der Waals surface area contributed by atoms with E-state index in [-0.39, 0.29) is 5.54 Å². The molecular weight excluding hydrogens is 346 g/mol. The second-order valence-electron chi connectivity index (χ2n) is 9.86. The molecule has 1 aliphatic rings. The van der Waals surface area contributed by atoms with E-state index < -0.39 is 0 Å². The number of thioether (sulfide) groups is 1. The first-order chi connectivity index (χ1) is 12.7. The molecule has 146 valence electrons. The molecule has 0 N–H and O–H groups in total. The van der Waals surface area contributed by atoms with Gasteiger partial charge in [-0.15, -0.1) is 11.8 Å². The fourth-order valence-electron chi connectivity index (χ4n) is 4.04. The van der Waals surface area contributed by atoms with E-state index in [0.29, 0.717) is 5.41 Å². The summed E-state index contributed by atoms with van der Waals surface area (Å²) >= 11 is 1.84. The Morgan fingerprint density at radius 3 is 2.30 bits per heavy atom. The van der Waals surface area contributed by atoms with Crippen LogP contribution in [0.1, 0.15) is 63.3 Å². The summed E-state index contributed by atoms with van der Waals surface area (Å²) in [6.07, 6.45) is 5.64. The van der Waals surface area contributed by atoms with Crippen LogP contribution < -0.4 is 0 Å². The topological polar surface area (TPSA) is 3.24 Å². The zero-order valence-corrected chi connectivity index (χ0v) is 18.7. The summed E-state index contributed by atoms with van der Waals surface area (Å²) in [4.78, 5) is 4.03. The molecule has 0 spiro atoms. The molecule has 1 aliphatic heterocycles. The van der Waals surface area contributed by atoms with E-state index >= 15 is 0 Å². The Morgan fingerprint density at radius 1 is 0.889 bits per heavy atom. The van der Waals surface area contributed by atoms with Gasteiger partial charge in [0.05, 0.1) is 0 Å². The van der Waals surface area contributed by atoms with E-state index in [4.69, 9.17) is 0 Å². The van der Waals surface area contributed by atoms with Crippen molar-refractivity contribution in [3.63, 3.8) is 0 Å². The van der Waals surface area contributed by atoms with Crippen molar-refractivity contribution >= 4 is 11.8 Å². The molecular formula is C25H35NS. The van der Waals surface area contributed by atoms with Crippen LogP contribution in [0, 0.1) is 5.41 Å². The molecule has 3 rings (SSSR count). The smallest absolute Gasteiger partial charge is 0.0246 e. The molecule has 0 radical (unpaired) electrons. The monoisotopic (exact) mass is 381 g/mol. The summed E-state index contributed by atoms with van der Waals surface area (Å²) in [6, 6.07) is 16.2. The Kier molecular flexibility index (Phi) is 6.08. The first-order valence-electron chi connectivity index (χ1n) is 10.1. The van der Waals surface area contributed by atoms with Gasteiger partial charge >= 0.3 is 0 Å². The van der Waals surface area contributed by atoms with Gasteiger partial charge in [-0.1, -0.05) is 51.1 Å². The van der Waals surface area contributed by atoms with Crippen molar-refractivity contribution in [1.82, 2.24) is 4.90 Å². The molecule has 0 fully saturated rings. The van der Waals surface area contributed by atoms with E-state index in [0.717, 1.165) is 25.9 Å². The summed E-state index contributed by atoms with van der Waals surface area (Å²) in [5.41, 5.74) is 6.52. The molecule has 0 unspecified atom stereocenters. The lowest BCUT2D eigenvalue weighted by Gasteiger charge is -2.35. The maximum Gasteiger partial charge on any atom is 0.0246 e. The summed E-state index contributed by atoms with van der Waals surface area (Å²) in [5.74, 6) is 0. The first-order valence-corrected chi connectivity index (χ1v) is 11.4. The lowest BCUT2D eigenvalue weighted by molar-refractivity contribution is 0.109. The highest BCUT2D eigenvalue weighted by atomic mass is 32.2. The Bertz CT molecular complexity index is 785. The van der Waals surface area contributed by atoms with Crippen molar-refractivity contribution < 1.29 is 0 Å². The van der Waals surface area contributed by atoms with Gasteiger partial charge in [0.25, 0.3) is 0 Å². The Labute approximate surface area is 170 Å². The van der Waals surface area contributed by atoms with Gasteiger partial charge in [0.1, 0.15) is 0 Å². The standard InChI is InChI=1S/C25H35NS/c1-24(2,3)16-20-9-7-8-19(14-20)12-13-25(4,5)26-17-21-10-11-23(27-6)15-22(21)18-26/h7-11,14-15H,12-13,16-18H2,1-6H3. The van der Waals surface area contributed by atoms with E-state index in [1.165, 1.54) is 33.6 Å². The fourth-order valence-corrected chi connectivity index (χ4v) is 4.51. The average molecular weight is 382 g/mol. The molecule has 1 heterocycles. The number of hydrogen-bond donors (Lipinski definition) is 0. The minimum Gasteiger partial charge on any atom is -0.290 e. The van der Waals surface area contributed by atoms with Gasteiger partial charge in [-0.2, -0.15) is 0 Å². The third kappa shape index (κ3) is 5.39. The van der Waals surface area contributed by atoms with Gasteiger partial charge in [-0.25, -0.2) is 0 Å². The number of nitrogens with zero attached hydrogens (tertiary/aromatic N) is 1. The predicted octanol–water partition coefficient (Wildman–Crippen LogP) is 6.72. The van der Waals surface area contributed by atoms with Crippen LogP contribution in [0.25, 0.3) is 0 Å². The number of rotatable bonds is 6. The van der Waals surface area contributed by atoms with Crippen molar-refractivity contribution in [3.05, 3.63) is 64.7 Å². The van der Waals surface area contributed by atoms with Crippen molar-refractivity contribution in [2.75, 3.05) is 6.26 Å². The Hall–Kier alpha value is -1.25. The molecule has 0 bridgehead atoms. The van der Waals surface area contributed by atoms with Gasteiger partial charge in [-0.05, 0) is 79.2 Å². The normalized spacial score (nSPS) is 15.2. The number of hydrogen-bond acceptors (Lipinski definition) is 2. The third-order valence-electron chi connectivity index (χ3n) is 5.74. The van der Waals surface area contributed by atoms with E-state index in [1.807, 2.05) is 11.8 Å². The molecule has 0 saturated carbocycles. The molecule has 0 aliphatic carbocycles. The highest BCUT2D eigenvalue weighted by molar-refractivity contribution is 7.98. The molecule has 2 aromatic carbocycles. The van der Waals surface area contributed by atoms with Crippen molar-refractivity contribution in [3.8, 4) is 0 Å². The highest BCUT2D eigenvalue weighted by Gasteiger charge is 2.31. The second-order valence-corrected chi connectivity index (χ2v) is 10.7. The number of aryl methyl sites for hydroxylation is 1. The second kappa shape index (κ2) is 8.01. The minimum atomic E-state index is 0.207. The van der Waals surface area contributed by atoms with Crippen molar-refractivity contribution in [1.29, 1.82) is 0 Å². The van der Waals surface area contributed by atoms with E-state index in [1.54, 1.807) is 0 Å². The lowest BCUT2D eigenvalue weighted by atomic mass is 9.87. The first kappa shape index (κ1) is 20.5. The van der Waals surface area contributed by atoms with Gasteiger partial charge < -0.3 is 0 Å². The van der Waals surface area contributed by atoms with E-state index in [9.17, 15) is 0 Å². The van der Waals surface area contributed by atoms with Crippen LogP contribution in [0.2, 0.25) is 0 Å². The molecule has 0 saturated heterocycles. The molecule has 0 atom stereocenters. The van der Waals surface area contributed by atoms with Crippen LogP contribution in [-0.4, -0.2) is 16.7 Å². The highest BCUT2D eigenvalue weighted by Crippen LogP contribution is 2.34. The molecule has 27 heavy (non-hydrogen) atoms. The minimum absolute atomic E-state index is 0.207. The molecule has 0 aromatic heterocycles. The van der Waals surface area contributed by atoms with Crippen molar-refractivity contribution in [2.24, 2.45) is 5.41 Å². The van der Waals surface area contributed by atoms with Crippen LogP contribution >= 0.6 is 11.8 Å². The lowest BCUT2D eigenvalue weighted by Crippen LogP contribution is -2.40. The third-order valence-corrected chi connectivity index (χ3v) is 6.47. The van der Waals surface area contributed by atoms with Crippen LogP contribution in [0.4, 0.5) is 0 Å². The Balaban J connectivity index is 1.63. The summed E-state index contributed by atoms with van der Waals surface area (Å²) < 4.78 is 0. The summed E-state index contributed by atoms with van der Waals surface area (Å²) in [6.45, 7) is 13.9. The zero-order valence-electron chi connectivity index (χ0n) is 17.9. The van der Waals surface area contributed by atoms with Gasteiger partial charge in [0.2, 0.25) is 0 Å². The number of fused-ring (bicyclic) bond motifs is 1. The SMILES string of the molecule is CSc1ccc2c(c1)CN(C(C)(C)CCc1cccc(CC(C)(C)C)c1)C2. The summed E-state index contributed by atoms with van der Waals surface area (Å²) in [7, 11) is 0. The molecule has 2 heteroatoms. The maximum absolute atomic E-state index is 2.65. The predicted molar refractivity (Wildman–Crippen MR) is 119 cm³/mol. The van der Waals surface area contributed by atoms with E-state index in [2.05, 4.69) is 88.2 Å². The summed E-state index contributed by atoms with van der Waals surface area (Å²) in [5, 5.41) is 0. The van der Waals surface area contributed by atoms with Gasteiger partial charge in [-0.3, -0.25) is 4.90 Å². The van der Waals surface area contributed by atoms with Crippen LogP contribution in [0.3, 0.4) is 0 Å². The van der Waals surface area contributed by atoms with Crippen LogP contribution in [0.5, 0.6) is 0 Å². The average Bonchev–Trinajstić information content (AvgIpc) is 3.03. The quantitative estimate of drug-likeness (QED) is 0.511. The molecule has 2 aromatic rings. The Morgan fingerprint density at radius 2 is 1.59 bits per heavy atom. The van der Waals surface area contributed by atoms with Crippen LogP contribution in [-0.2, 0) is 25.9 Å². The van der Waals surface area contributed by atoms with Crippen molar-refractivity contribution in [2.45, 2.75) is 77.4 Å². The van der Waals surface area contributed by atoms with Crippen LogP contribution in [0.15, 0.2) is 47.4 Å². The molecule has 0 amide bonds. The van der Waals surface area contributed by atoms with Gasteiger partial charge in [0, 0.05) is 23.5 Å². The van der Waals surface area contributed by atoms with Gasteiger partial charge in [0.15, 0.2) is 0 Å².